The van der Waals surface area contributed by atoms with Gasteiger partial charge in [-0.15, -0.1) is 6.58 Å². The molecule has 1 heterocycles. The topological polar surface area (TPSA) is 38.9 Å². The van der Waals surface area contributed by atoms with Crippen LogP contribution >= 0.6 is 31.9 Å². The summed E-state index contributed by atoms with van der Waals surface area (Å²) < 4.78 is 1.91. The molecular formula is C9H10Br2N2. The molecule has 0 saturated heterocycles. The molecule has 0 aliphatic rings. The molecule has 1 aromatic heterocycles. The van der Waals surface area contributed by atoms with Gasteiger partial charge in [0.05, 0.1) is 11.7 Å². The van der Waals surface area contributed by atoms with Gasteiger partial charge in [-0.3, -0.25) is 4.98 Å². The van der Waals surface area contributed by atoms with Crippen LogP contribution in [0.1, 0.15) is 17.3 Å². The Morgan fingerprint density at radius 1 is 1.62 bits per heavy atom. The maximum Gasteiger partial charge on any atom is 0.0755 e. The van der Waals surface area contributed by atoms with E-state index in [1.165, 1.54) is 0 Å². The number of hydrogen-bond donors (Lipinski definition) is 1. The molecule has 0 saturated carbocycles. The van der Waals surface area contributed by atoms with E-state index in [1.54, 1.807) is 12.3 Å². The minimum Gasteiger partial charge on any atom is -0.319 e. The summed E-state index contributed by atoms with van der Waals surface area (Å²) in [4.78, 5) is 4.22. The van der Waals surface area contributed by atoms with Crippen LogP contribution in [0.25, 0.3) is 0 Å². The largest absolute Gasteiger partial charge is 0.319 e. The lowest BCUT2D eigenvalue weighted by atomic mass is 10.1. The quantitative estimate of drug-likeness (QED) is 0.853. The van der Waals surface area contributed by atoms with E-state index in [9.17, 15) is 0 Å². The number of hydrogen-bond acceptors (Lipinski definition) is 2. The van der Waals surface area contributed by atoms with Gasteiger partial charge in [-0.25, -0.2) is 0 Å². The summed E-state index contributed by atoms with van der Waals surface area (Å²) >= 11 is 6.84. The SMILES string of the molecule is C=C[C@@H](N)c1ncc(Br)c(C)c1Br. The summed E-state index contributed by atoms with van der Waals surface area (Å²) in [6.45, 7) is 5.63. The van der Waals surface area contributed by atoms with Crippen LogP contribution in [0.3, 0.4) is 0 Å². The van der Waals surface area contributed by atoms with Crippen molar-refractivity contribution in [2.75, 3.05) is 0 Å². The molecule has 0 aromatic carbocycles. The minimum atomic E-state index is -0.221. The molecule has 0 amide bonds. The second-order valence-electron chi connectivity index (χ2n) is 2.69. The second kappa shape index (κ2) is 4.35. The molecule has 2 nitrogen and oxygen atoms in total. The first-order chi connectivity index (χ1) is 6.07. The number of pyridine rings is 1. The molecule has 1 rings (SSSR count). The van der Waals surface area contributed by atoms with E-state index in [4.69, 9.17) is 5.73 Å². The highest BCUT2D eigenvalue weighted by atomic mass is 79.9. The van der Waals surface area contributed by atoms with Crippen LogP contribution < -0.4 is 5.73 Å². The van der Waals surface area contributed by atoms with Gasteiger partial charge in [0.25, 0.3) is 0 Å². The summed E-state index contributed by atoms with van der Waals surface area (Å²) in [5.41, 5.74) is 7.70. The van der Waals surface area contributed by atoms with Crippen LogP contribution in [0.4, 0.5) is 0 Å². The predicted octanol–water partition coefficient (Wildman–Crippen LogP) is 3.10. The standard InChI is InChI=1S/C9H10Br2N2/c1-3-7(12)9-8(11)5(2)6(10)4-13-9/h3-4,7H,1,12H2,2H3/t7-/m1/s1. The van der Waals surface area contributed by atoms with Gasteiger partial charge in [0.2, 0.25) is 0 Å². The van der Waals surface area contributed by atoms with Crippen molar-refractivity contribution in [3.8, 4) is 0 Å². The molecular weight excluding hydrogens is 296 g/mol. The molecule has 1 aromatic rings. The van der Waals surface area contributed by atoms with E-state index >= 15 is 0 Å². The third kappa shape index (κ3) is 2.18. The number of halogens is 2. The van der Waals surface area contributed by atoms with Crippen molar-refractivity contribution in [2.24, 2.45) is 5.73 Å². The zero-order valence-electron chi connectivity index (χ0n) is 7.22. The van der Waals surface area contributed by atoms with Crippen molar-refractivity contribution in [1.82, 2.24) is 4.98 Å². The molecule has 1 atom stereocenters. The lowest BCUT2D eigenvalue weighted by molar-refractivity contribution is 0.851. The summed E-state index contributed by atoms with van der Waals surface area (Å²) in [6, 6.07) is -0.221. The summed E-state index contributed by atoms with van der Waals surface area (Å²) in [7, 11) is 0. The maximum atomic E-state index is 5.79. The average molecular weight is 306 g/mol. The van der Waals surface area contributed by atoms with Gasteiger partial charge in [-0.05, 0) is 44.3 Å². The average Bonchev–Trinajstić information content (AvgIpc) is 2.13. The Hall–Kier alpha value is -0.190. The molecule has 0 unspecified atom stereocenters. The third-order valence-electron chi connectivity index (χ3n) is 1.80. The molecule has 13 heavy (non-hydrogen) atoms. The van der Waals surface area contributed by atoms with E-state index in [-0.39, 0.29) is 6.04 Å². The Bertz CT molecular complexity index is 337. The lowest BCUT2D eigenvalue weighted by Crippen LogP contribution is -2.10. The third-order valence-corrected chi connectivity index (χ3v) is 3.60. The number of aromatic nitrogens is 1. The Balaban J connectivity index is 3.25. The first kappa shape index (κ1) is 10.9. The van der Waals surface area contributed by atoms with Crippen molar-refractivity contribution in [2.45, 2.75) is 13.0 Å². The normalized spacial score (nSPS) is 12.6. The van der Waals surface area contributed by atoms with Gasteiger partial charge in [-0.2, -0.15) is 0 Å². The Kier molecular flexibility index (Phi) is 3.64. The van der Waals surface area contributed by atoms with Crippen LogP contribution in [0.15, 0.2) is 27.8 Å². The molecule has 0 spiro atoms. The van der Waals surface area contributed by atoms with E-state index in [0.29, 0.717) is 0 Å². The zero-order chi connectivity index (χ0) is 10.0. The van der Waals surface area contributed by atoms with Crippen LogP contribution in [0.5, 0.6) is 0 Å². The molecule has 0 aliphatic carbocycles. The van der Waals surface area contributed by atoms with Crippen LogP contribution in [-0.2, 0) is 0 Å². The summed E-state index contributed by atoms with van der Waals surface area (Å²) in [5.74, 6) is 0. The highest BCUT2D eigenvalue weighted by Gasteiger charge is 2.11. The van der Waals surface area contributed by atoms with E-state index in [2.05, 4.69) is 43.4 Å². The monoisotopic (exact) mass is 304 g/mol. The summed E-state index contributed by atoms with van der Waals surface area (Å²) in [6.07, 6.45) is 3.42. The molecule has 4 heteroatoms. The van der Waals surface area contributed by atoms with Crippen molar-refractivity contribution in [3.63, 3.8) is 0 Å². The van der Waals surface area contributed by atoms with Gasteiger partial charge in [0, 0.05) is 15.1 Å². The van der Waals surface area contributed by atoms with Crippen LogP contribution in [0.2, 0.25) is 0 Å². The fraction of sp³-hybridized carbons (Fsp3) is 0.222. The molecule has 0 radical (unpaired) electrons. The molecule has 0 fully saturated rings. The maximum absolute atomic E-state index is 5.79. The van der Waals surface area contributed by atoms with Crippen molar-refractivity contribution >= 4 is 31.9 Å². The van der Waals surface area contributed by atoms with Gasteiger partial charge in [-0.1, -0.05) is 6.08 Å². The highest BCUT2D eigenvalue weighted by molar-refractivity contribution is 9.11. The second-order valence-corrected chi connectivity index (χ2v) is 4.34. The van der Waals surface area contributed by atoms with Crippen molar-refractivity contribution in [1.29, 1.82) is 0 Å². The lowest BCUT2D eigenvalue weighted by Gasteiger charge is -2.10. The Labute approximate surface area is 94.5 Å². The first-order valence-corrected chi connectivity index (χ1v) is 5.35. The Morgan fingerprint density at radius 3 is 2.77 bits per heavy atom. The van der Waals surface area contributed by atoms with Gasteiger partial charge >= 0.3 is 0 Å². The zero-order valence-corrected chi connectivity index (χ0v) is 10.4. The molecule has 0 bridgehead atoms. The molecule has 2 N–H and O–H groups in total. The number of rotatable bonds is 2. The minimum absolute atomic E-state index is 0.221. The smallest absolute Gasteiger partial charge is 0.0755 e. The van der Waals surface area contributed by atoms with E-state index < -0.39 is 0 Å². The molecule has 70 valence electrons. The number of nitrogens with two attached hydrogens (primary N) is 1. The number of nitrogens with zero attached hydrogens (tertiary/aromatic N) is 1. The first-order valence-electron chi connectivity index (χ1n) is 3.76. The van der Waals surface area contributed by atoms with E-state index in [0.717, 1.165) is 20.2 Å². The molecule has 0 aliphatic heterocycles. The van der Waals surface area contributed by atoms with E-state index in [1.807, 2.05) is 6.92 Å². The summed E-state index contributed by atoms with van der Waals surface area (Å²) in [5, 5.41) is 0. The van der Waals surface area contributed by atoms with Crippen LogP contribution in [0, 0.1) is 6.92 Å². The van der Waals surface area contributed by atoms with Gasteiger partial charge in [0.1, 0.15) is 0 Å². The fourth-order valence-electron chi connectivity index (χ4n) is 0.921. The van der Waals surface area contributed by atoms with Gasteiger partial charge in [0.15, 0.2) is 0 Å². The van der Waals surface area contributed by atoms with Crippen molar-refractivity contribution < 1.29 is 0 Å². The highest BCUT2D eigenvalue weighted by Crippen LogP contribution is 2.28. The predicted molar refractivity (Wildman–Crippen MR) is 61.5 cm³/mol. The van der Waals surface area contributed by atoms with Crippen LogP contribution in [-0.4, -0.2) is 4.98 Å². The fourth-order valence-corrected chi connectivity index (χ4v) is 2.07. The Morgan fingerprint density at radius 2 is 2.23 bits per heavy atom. The van der Waals surface area contributed by atoms with Crippen molar-refractivity contribution in [3.05, 3.63) is 39.1 Å². The van der Waals surface area contributed by atoms with Gasteiger partial charge < -0.3 is 5.73 Å².